The van der Waals surface area contributed by atoms with Gasteiger partial charge in [-0.1, -0.05) is 29.8 Å². The number of esters is 1. The quantitative estimate of drug-likeness (QED) is 0.724. The molecule has 2 N–H and O–H groups in total. The van der Waals surface area contributed by atoms with Gasteiger partial charge in [0, 0.05) is 11.6 Å². The lowest BCUT2D eigenvalue weighted by Gasteiger charge is -2.09. The van der Waals surface area contributed by atoms with Gasteiger partial charge in [-0.2, -0.15) is 5.10 Å². The number of nitrogens with one attached hydrogen (secondary N) is 2. The summed E-state index contributed by atoms with van der Waals surface area (Å²) >= 11 is 6.20. The number of rotatable bonds is 7. The molecular formula is C18H23ClN4O3. The first-order valence-corrected chi connectivity index (χ1v) is 8.78. The fraction of sp³-hybridized carbons (Fsp3) is 0.389. The van der Waals surface area contributed by atoms with Gasteiger partial charge in [-0.25, -0.2) is 4.79 Å². The molecule has 2 aromatic rings. The Morgan fingerprint density at radius 1 is 1.27 bits per heavy atom. The zero-order chi connectivity index (χ0) is 19.1. The Balaban J connectivity index is 1.98. The summed E-state index contributed by atoms with van der Waals surface area (Å²) < 4.78 is 6.61. The second-order valence-electron chi connectivity index (χ2n) is 5.73. The molecule has 140 valence electrons. The molecule has 0 atom stereocenters. The number of amides is 2. The maximum Gasteiger partial charge on any atom is 0.319 e. The highest BCUT2D eigenvalue weighted by atomic mass is 35.5. The number of urea groups is 1. The molecule has 1 aromatic carbocycles. The molecule has 0 aliphatic rings. The molecule has 26 heavy (non-hydrogen) atoms. The molecule has 0 radical (unpaired) electrons. The van der Waals surface area contributed by atoms with E-state index in [4.69, 9.17) is 16.3 Å². The van der Waals surface area contributed by atoms with Crippen LogP contribution in [0.15, 0.2) is 24.3 Å². The van der Waals surface area contributed by atoms with E-state index in [0.717, 1.165) is 11.3 Å². The largest absolute Gasteiger partial charge is 0.466 e. The molecule has 7 nitrogen and oxygen atoms in total. The van der Waals surface area contributed by atoms with Crippen molar-refractivity contribution < 1.29 is 14.3 Å². The molecule has 2 rings (SSSR count). The van der Waals surface area contributed by atoms with Crippen molar-refractivity contribution in [2.45, 2.75) is 33.7 Å². The normalized spacial score (nSPS) is 10.5. The van der Waals surface area contributed by atoms with Gasteiger partial charge in [0.1, 0.15) is 0 Å². The second kappa shape index (κ2) is 9.24. The van der Waals surface area contributed by atoms with Crippen molar-refractivity contribution in [3.05, 3.63) is 46.2 Å². The van der Waals surface area contributed by atoms with E-state index in [0.29, 0.717) is 29.6 Å². The van der Waals surface area contributed by atoms with E-state index < -0.39 is 6.03 Å². The summed E-state index contributed by atoms with van der Waals surface area (Å²) in [6.07, 6.45) is 0.130. The summed E-state index contributed by atoms with van der Waals surface area (Å²) in [5.41, 5.74) is 3.12. The van der Waals surface area contributed by atoms with Crippen LogP contribution in [0.2, 0.25) is 5.02 Å². The Labute approximate surface area is 157 Å². The number of aromatic nitrogens is 2. The fourth-order valence-electron chi connectivity index (χ4n) is 2.49. The van der Waals surface area contributed by atoms with Crippen molar-refractivity contribution in [2.75, 3.05) is 18.5 Å². The molecule has 1 heterocycles. The van der Waals surface area contributed by atoms with Crippen LogP contribution in [0.1, 0.15) is 30.3 Å². The Morgan fingerprint density at radius 2 is 2.00 bits per heavy atom. The first kappa shape index (κ1) is 19.8. The third-order valence-electron chi connectivity index (χ3n) is 3.82. The van der Waals surface area contributed by atoms with E-state index in [-0.39, 0.29) is 18.9 Å². The molecule has 0 unspecified atom stereocenters. The molecule has 0 spiro atoms. The van der Waals surface area contributed by atoms with Crippen LogP contribution in [0.3, 0.4) is 0 Å². The SMILES string of the molecule is CCOC(=O)CCNC(=O)Nc1c(C)nn(Cc2ccccc2Cl)c1C. The predicted molar refractivity (Wildman–Crippen MR) is 101 cm³/mol. The fourth-order valence-corrected chi connectivity index (χ4v) is 2.68. The third-order valence-corrected chi connectivity index (χ3v) is 4.19. The monoisotopic (exact) mass is 378 g/mol. The zero-order valence-electron chi connectivity index (χ0n) is 15.1. The van der Waals surface area contributed by atoms with Gasteiger partial charge in [-0.05, 0) is 32.4 Å². The van der Waals surface area contributed by atoms with Crippen LogP contribution in [0.5, 0.6) is 0 Å². The average molecular weight is 379 g/mol. The minimum atomic E-state index is -0.391. The number of hydrogen-bond acceptors (Lipinski definition) is 4. The van der Waals surface area contributed by atoms with Crippen molar-refractivity contribution >= 4 is 29.3 Å². The molecule has 0 bridgehead atoms. The van der Waals surface area contributed by atoms with E-state index >= 15 is 0 Å². The number of carbonyl (C=O) groups is 2. The summed E-state index contributed by atoms with van der Waals surface area (Å²) in [5.74, 6) is -0.340. The van der Waals surface area contributed by atoms with Crippen molar-refractivity contribution in [1.82, 2.24) is 15.1 Å². The van der Waals surface area contributed by atoms with Crippen molar-refractivity contribution in [3.63, 3.8) is 0 Å². The standard InChI is InChI=1S/C18H23ClN4O3/c1-4-26-16(24)9-10-20-18(25)21-17-12(2)22-23(13(17)3)11-14-7-5-6-8-15(14)19/h5-8H,4,9-11H2,1-3H3,(H2,20,21,25). The van der Waals surface area contributed by atoms with E-state index in [1.54, 1.807) is 11.6 Å². The van der Waals surface area contributed by atoms with Crippen LogP contribution >= 0.6 is 11.6 Å². The molecular weight excluding hydrogens is 356 g/mol. The maximum absolute atomic E-state index is 12.0. The van der Waals surface area contributed by atoms with Gasteiger partial charge in [0.15, 0.2) is 0 Å². The Hall–Kier alpha value is -2.54. The van der Waals surface area contributed by atoms with Gasteiger partial charge in [0.05, 0.1) is 36.6 Å². The van der Waals surface area contributed by atoms with Gasteiger partial charge in [0.2, 0.25) is 0 Å². The van der Waals surface area contributed by atoms with Gasteiger partial charge < -0.3 is 15.4 Å². The highest BCUT2D eigenvalue weighted by Crippen LogP contribution is 2.22. The highest BCUT2D eigenvalue weighted by molar-refractivity contribution is 6.31. The maximum atomic E-state index is 12.0. The van der Waals surface area contributed by atoms with E-state index in [9.17, 15) is 9.59 Å². The molecule has 0 saturated carbocycles. The van der Waals surface area contributed by atoms with Crippen molar-refractivity contribution in [1.29, 1.82) is 0 Å². The molecule has 0 aliphatic carbocycles. The van der Waals surface area contributed by atoms with Crippen LogP contribution in [0.25, 0.3) is 0 Å². The molecule has 0 fully saturated rings. The Morgan fingerprint density at radius 3 is 2.69 bits per heavy atom. The Kier molecular flexibility index (Phi) is 7.03. The summed E-state index contributed by atoms with van der Waals surface area (Å²) in [5, 5.41) is 10.6. The lowest BCUT2D eigenvalue weighted by Crippen LogP contribution is -2.31. The number of carbonyl (C=O) groups excluding carboxylic acids is 2. The number of benzene rings is 1. The van der Waals surface area contributed by atoms with Crippen LogP contribution < -0.4 is 10.6 Å². The lowest BCUT2D eigenvalue weighted by atomic mass is 10.2. The summed E-state index contributed by atoms with van der Waals surface area (Å²) in [4.78, 5) is 23.3. The van der Waals surface area contributed by atoms with Gasteiger partial charge in [0.25, 0.3) is 0 Å². The molecule has 8 heteroatoms. The number of hydrogen-bond donors (Lipinski definition) is 2. The number of aryl methyl sites for hydroxylation is 1. The molecule has 1 aromatic heterocycles. The minimum Gasteiger partial charge on any atom is -0.466 e. The van der Waals surface area contributed by atoms with Crippen molar-refractivity contribution in [3.8, 4) is 0 Å². The first-order valence-electron chi connectivity index (χ1n) is 8.40. The molecule has 2 amide bonds. The van der Waals surface area contributed by atoms with Gasteiger partial charge in [-0.3, -0.25) is 9.48 Å². The van der Waals surface area contributed by atoms with Crippen molar-refractivity contribution in [2.24, 2.45) is 0 Å². The van der Waals surface area contributed by atoms with Crippen LogP contribution in [-0.2, 0) is 16.1 Å². The zero-order valence-corrected chi connectivity index (χ0v) is 15.9. The number of ether oxygens (including phenoxy) is 1. The Bertz CT molecular complexity index is 789. The summed E-state index contributed by atoms with van der Waals surface area (Å²) in [7, 11) is 0. The highest BCUT2D eigenvalue weighted by Gasteiger charge is 2.15. The smallest absolute Gasteiger partial charge is 0.319 e. The van der Waals surface area contributed by atoms with Crippen LogP contribution in [-0.4, -0.2) is 34.9 Å². The number of nitrogens with zero attached hydrogens (tertiary/aromatic N) is 2. The van der Waals surface area contributed by atoms with E-state index in [1.165, 1.54) is 0 Å². The summed E-state index contributed by atoms with van der Waals surface area (Å²) in [6, 6.07) is 7.17. The lowest BCUT2D eigenvalue weighted by molar-refractivity contribution is -0.142. The predicted octanol–water partition coefficient (Wildman–Crippen LogP) is 3.28. The minimum absolute atomic E-state index is 0.130. The van der Waals surface area contributed by atoms with Crippen LogP contribution in [0.4, 0.5) is 10.5 Å². The number of anilines is 1. The first-order chi connectivity index (χ1) is 12.4. The summed E-state index contributed by atoms with van der Waals surface area (Å²) in [6.45, 7) is 6.49. The third kappa shape index (κ3) is 5.23. The molecule has 0 aliphatic heterocycles. The topological polar surface area (TPSA) is 85.2 Å². The second-order valence-corrected chi connectivity index (χ2v) is 6.14. The molecule has 0 saturated heterocycles. The van der Waals surface area contributed by atoms with E-state index in [2.05, 4.69) is 15.7 Å². The van der Waals surface area contributed by atoms with Crippen LogP contribution in [0, 0.1) is 13.8 Å². The van der Waals surface area contributed by atoms with Gasteiger partial charge in [-0.15, -0.1) is 0 Å². The number of halogens is 1. The average Bonchev–Trinajstić information content (AvgIpc) is 2.85. The van der Waals surface area contributed by atoms with E-state index in [1.807, 2.05) is 38.1 Å². The van der Waals surface area contributed by atoms with Gasteiger partial charge >= 0.3 is 12.0 Å².